The summed E-state index contributed by atoms with van der Waals surface area (Å²) in [6.07, 6.45) is 1.26. The largest absolute Gasteiger partial charge is 0.347 e. The summed E-state index contributed by atoms with van der Waals surface area (Å²) < 4.78 is 0. The Morgan fingerprint density at radius 2 is 2.29 bits per heavy atom. The Labute approximate surface area is 84.0 Å². The molecule has 1 N–H and O–H groups in total. The summed E-state index contributed by atoms with van der Waals surface area (Å²) in [5, 5.41) is 2.56. The second-order valence-corrected chi connectivity index (χ2v) is 3.45. The number of nitrogens with zero attached hydrogens (tertiary/aromatic N) is 1. The molecule has 4 heteroatoms. The number of rotatable bonds is 3. The van der Waals surface area contributed by atoms with E-state index in [4.69, 9.17) is 0 Å². The topological polar surface area (TPSA) is 49.4 Å². The van der Waals surface area contributed by atoms with Gasteiger partial charge in [0, 0.05) is 19.5 Å². The van der Waals surface area contributed by atoms with Gasteiger partial charge in [-0.3, -0.25) is 9.59 Å². The van der Waals surface area contributed by atoms with E-state index in [-0.39, 0.29) is 18.4 Å². The van der Waals surface area contributed by atoms with E-state index in [1.165, 1.54) is 0 Å². The molecule has 1 rings (SSSR count). The van der Waals surface area contributed by atoms with Crippen LogP contribution < -0.4 is 5.32 Å². The SMILES string of the molecule is C=C(CC)CN1CCC(=O)NCC1=O. The lowest BCUT2D eigenvalue weighted by atomic mass is 10.2. The number of carbonyl (C=O) groups is 2. The van der Waals surface area contributed by atoms with Gasteiger partial charge in [-0.1, -0.05) is 19.1 Å². The fourth-order valence-corrected chi connectivity index (χ4v) is 1.28. The highest BCUT2D eigenvalue weighted by Gasteiger charge is 2.19. The Morgan fingerprint density at radius 1 is 1.57 bits per heavy atom. The Balaban J connectivity index is 2.54. The molecule has 1 aliphatic rings. The summed E-state index contributed by atoms with van der Waals surface area (Å²) in [4.78, 5) is 24.2. The van der Waals surface area contributed by atoms with Crippen molar-refractivity contribution in [3.8, 4) is 0 Å². The maximum atomic E-state index is 11.5. The highest BCUT2D eigenvalue weighted by atomic mass is 16.2. The smallest absolute Gasteiger partial charge is 0.242 e. The van der Waals surface area contributed by atoms with Gasteiger partial charge in [0.15, 0.2) is 0 Å². The number of hydrogen-bond acceptors (Lipinski definition) is 2. The second-order valence-electron chi connectivity index (χ2n) is 3.45. The lowest BCUT2D eigenvalue weighted by Gasteiger charge is -2.20. The molecule has 0 spiro atoms. The Bertz CT molecular complexity index is 261. The van der Waals surface area contributed by atoms with Crippen LogP contribution in [0, 0.1) is 0 Å². The predicted octanol–water partition coefficient (Wildman–Crippen LogP) is 0.301. The third-order valence-electron chi connectivity index (χ3n) is 2.31. The lowest BCUT2D eigenvalue weighted by molar-refractivity contribution is -0.129. The normalized spacial score (nSPS) is 17.6. The molecule has 0 aromatic rings. The molecule has 0 aromatic carbocycles. The monoisotopic (exact) mass is 196 g/mol. The second kappa shape index (κ2) is 4.79. The molecule has 0 aliphatic carbocycles. The van der Waals surface area contributed by atoms with Crippen molar-refractivity contribution >= 4 is 11.8 Å². The third-order valence-corrected chi connectivity index (χ3v) is 2.31. The molecule has 1 fully saturated rings. The Hall–Kier alpha value is -1.32. The lowest BCUT2D eigenvalue weighted by Crippen LogP contribution is -2.36. The van der Waals surface area contributed by atoms with Crippen molar-refractivity contribution in [1.82, 2.24) is 10.2 Å². The van der Waals surface area contributed by atoms with E-state index in [0.717, 1.165) is 12.0 Å². The molecule has 0 aromatic heterocycles. The Morgan fingerprint density at radius 3 is 2.93 bits per heavy atom. The first-order valence-corrected chi connectivity index (χ1v) is 4.84. The zero-order chi connectivity index (χ0) is 10.6. The van der Waals surface area contributed by atoms with Crippen LogP contribution >= 0.6 is 0 Å². The average Bonchev–Trinajstić information content (AvgIpc) is 2.33. The summed E-state index contributed by atoms with van der Waals surface area (Å²) in [6.45, 7) is 7.06. The molecule has 78 valence electrons. The standard InChI is InChI=1S/C10H16N2O2/c1-3-8(2)7-12-5-4-9(13)11-6-10(12)14/h2-7H2,1H3,(H,11,13). The number of carbonyl (C=O) groups excluding carboxylic acids is 2. The van der Waals surface area contributed by atoms with Gasteiger partial charge >= 0.3 is 0 Å². The van der Waals surface area contributed by atoms with Gasteiger partial charge in [-0.25, -0.2) is 0 Å². The highest BCUT2D eigenvalue weighted by Crippen LogP contribution is 2.04. The van der Waals surface area contributed by atoms with Crippen molar-refractivity contribution in [3.63, 3.8) is 0 Å². The zero-order valence-corrected chi connectivity index (χ0v) is 8.51. The van der Waals surface area contributed by atoms with Crippen LogP contribution in [0.1, 0.15) is 19.8 Å². The van der Waals surface area contributed by atoms with E-state index in [1.807, 2.05) is 6.92 Å². The minimum absolute atomic E-state index is 0.0227. The fourth-order valence-electron chi connectivity index (χ4n) is 1.28. The molecule has 0 unspecified atom stereocenters. The number of hydrogen-bond donors (Lipinski definition) is 1. The van der Waals surface area contributed by atoms with Gasteiger partial charge in [0.1, 0.15) is 0 Å². The molecule has 4 nitrogen and oxygen atoms in total. The molecule has 0 atom stereocenters. The van der Waals surface area contributed by atoms with Crippen LogP contribution in [0.5, 0.6) is 0 Å². The molecular weight excluding hydrogens is 180 g/mol. The van der Waals surface area contributed by atoms with Crippen LogP contribution in [-0.2, 0) is 9.59 Å². The van der Waals surface area contributed by atoms with Crippen molar-refractivity contribution in [2.75, 3.05) is 19.6 Å². The molecule has 0 bridgehead atoms. The summed E-state index contributed by atoms with van der Waals surface area (Å²) in [7, 11) is 0. The molecule has 1 heterocycles. The molecule has 0 saturated carbocycles. The van der Waals surface area contributed by atoms with Gasteiger partial charge in [-0.2, -0.15) is 0 Å². The minimum Gasteiger partial charge on any atom is -0.347 e. The third kappa shape index (κ3) is 2.87. The highest BCUT2D eigenvalue weighted by molar-refractivity contribution is 5.87. The van der Waals surface area contributed by atoms with Crippen molar-refractivity contribution in [2.45, 2.75) is 19.8 Å². The molecule has 0 radical (unpaired) electrons. The predicted molar refractivity (Wildman–Crippen MR) is 53.6 cm³/mol. The van der Waals surface area contributed by atoms with Crippen LogP contribution in [0.15, 0.2) is 12.2 Å². The van der Waals surface area contributed by atoms with Crippen molar-refractivity contribution in [1.29, 1.82) is 0 Å². The van der Waals surface area contributed by atoms with Gasteiger partial charge in [0.05, 0.1) is 6.54 Å². The summed E-state index contributed by atoms with van der Waals surface area (Å²) in [5.74, 6) is -0.0755. The van der Waals surface area contributed by atoms with Crippen molar-refractivity contribution < 1.29 is 9.59 Å². The molecule has 14 heavy (non-hydrogen) atoms. The van der Waals surface area contributed by atoms with Crippen molar-refractivity contribution in [2.24, 2.45) is 0 Å². The average molecular weight is 196 g/mol. The van der Waals surface area contributed by atoms with Crippen LogP contribution in [0.3, 0.4) is 0 Å². The van der Waals surface area contributed by atoms with E-state index >= 15 is 0 Å². The number of amides is 2. The minimum atomic E-state index is -0.0528. The van der Waals surface area contributed by atoms with Gasteiger partial charge in [0.2, 0.25) is 11.8 Å². The van der Waals surface area contributed by atoms with Crippen molar-refractivity contribution in [3.05, 3.63) is 12.2 Å². The first-order chi connectivity index (χ1) is 6.63. The summed E-state index contributed by atoms with van der Waals surface area (Å²) >= 11 is 0. The van der Waals surface area contributed by atoms with Gasteiger partial charge in [0.25, 0.3) is 0 Å². The van der Waals surface area contributed by atoms with E-state index < -0.39 is 0 Å². The summed E-state index contributed by atoms with van der Waals surface area (Å²) in [6, 6.07) is 0. The van der Waals surface area contributed by atoms with Crippen LogP contribution in [0.2, 0.25) is 0 Å². The van der Waals surface area contributed by atoms with Crippen LogP contribution in [0.4, 0.5) is 0 Å². The van der Waals surface area contributed by atoms with E-state index in [0.29, 0.717) is 19.5 Å². The molecule has 1 saturated heterocycles. The zero-order valence-electron chi connectivity index (χ0n) is 8.51. The fraction of sp³-hybridized carbons (Fsp3) is 0.600. The van der Waals surface area contributed by atoms with Crippen LogP contribution in [0.25, 0.3) is 0 Å². The maximum absolute atomic E-state index is 11.5. The van der Waals surface area contributed by atoms with Gasteiger partial charge < -0.3 is 10.2 Å². The quantitative estimate of drug-likeness (QED) is 0.660. The van der Waals surface area contributed by atoms with E-state index in [2.05, 4.69) is 11.9 Å². The summed E-state index contributed by atoms with van der Waals surface area (Å²) in [5.41, 5.74) is 1.02. The maximum Gasteiger partial charge on any atom is 0.242 e. The van der Waals surface area contributed by atoms with Crippen LogP contribution in [-0.4, -0.2) is 36.3 Å². The molecule has 2 amide bonds. The molecular formula is C10H16N2O2. The van der Waals surface area contributed by atoms with Gasteiger partial charge in [-0.15, -0.1) is 0 Å². The number of nitrogens with one attached hydrogen (secondary N) is 1. The molecule has 1 aliphatic heterocycles. The first kappa shape index (κ1) is 10.8. The van der Waals surface area contributed by atoms with Gasteiger partial charge in [-0.05, 0) is 6.42 Å². The van der Waals surface area contributed by atoms with E-state index in [9.17, 15) is 9.59 Å². The Kier molecular flexibility index (Phi) is 3.68. The first-order valence-electron chi connectivity index (χ1n) is 4.84. The van der Waals surface area contributed by atoms with E-state index in [1.54, 1.807) is 4.90 Å².